The van der Waals surface area contributed by atoms with Crippen molar-refractivity contribution in [3.8, 4) is 0 Å². The standard InChI is InChI=1S/C18H20N2O4/c21-18(15-6-3-8-22-15)20-11-16(17-14(20)5-2-9-23-17)24-12-13-4-1-7-19-10-13/h1,3-4,6-8,10,14,16-17H,2,5,9,11-12H2/t14-,16-,17+/m0/s1. The lowest BCUT2D eigenvalue weighted by Gasteiger charge is -2.31. The largest absolute Gasteiger partial charge is 0.459 e. The normalized spacial score (nSPS) is 26.3. The van der Waals surface area contributed by atoms with Crippen LogP contribution >= 0.6 is 0 Å². The molecule has 126 valence electrons. The summed E-state index contributed by atoms with van der Waals surface area (Å²) in [5.41, 5.74) is 1.01. The number of fused-ring (bicyclic) bond motifs is 1. The third-order valence-electron chi connectivity index (χ3n) is 4.66. The maximum atomic E-state index is 12.7. The number of likely N-dealkylation sites (tertiary alicyclic amines) is 1. The summed E-state index contributed by atoms with van der Waals surface area (Å²) < 4.78 is 17.3. The number of hydrogen-bond donors (Lipinski definition) is 0. The number of aromatic nitrogens is 1. The molecule has 0 spiro atoms. The van der Waals surface area contributed by atoms with E-state index in [9.17, 15) is 4.79 Å². The zero-order valence-corrected chi connectivity index (χ0v) is 13.3. The number of carbonyl (C=O) groups is 1. The van der Waals surface area contributed by atoms with Crippen molar-refractivity contribution in [2.24, 2.45) is 0 Å². The quantitative estimate of drug-likeness (QED) is 0.861. The maximum absolute atomic E-state index is 12.7. The van der Waals surface area contributed by atoms with Crippen LogP contribution in [0.25, 0.3) is 0 Å². The molecule has 2 aliphatic heterocycles. The minimum absolute atomic E-state index is 0.0512. The summed E-state index contributed by atoms with van der Waals surface area (Å²) >= 11 is 0. The van der Waals surface area contributed by atoms with Crippen LogP contribution < -0.4 is 0 Å². The third kappa shape index (κ3) is 2.95. The SMILES string of the molecule is O=C(c1ccco1)N1C[C@H](OCc2cccnc2)[C@@H]2OCCC[C@@H]21. The Balaban J connectivity index is 1.48. The molecule has 2 aromatic rings. The number of ether oxygens (including phenoxy) is 2. The van der Waals surface area contributed by atoms with E-state index in [-0.39, 0.29) is 24.2 Å². The van der Waals surface area contributed by atoms with Crippen molar-refractivity contribution in [3.63, 3.8) is 0 Å². The molecule has 6 nitrogen and oxygen atoms in total. The van der Waals surface area contributed by atoms with Gasteiger partial charge in [-0.3, -0.25) is 9.78 Å². The first-order chi connectivity index (χ1) is 11.8. The van der Waals surface area contributed by atoms with Crippen molar-refractivity contribution >= 4 is 5.91 Å². The van der Waals surface area contributed by atoms with Crippen LogP contribution in [-0.2, 0) is 16.1 Å². The molecule has 0 N–H and O–H groups in total. The first-order valence-electron chi connectivity index (χ1n) is 8.29. The van der Waals surface area contributed by atoms with E-state index in [0.29, 0.717) is 18.9 Å². The number of rotatable bonds is 4. The predicted octanol–water partition coefficient (Wildman–Crippen LogP) is 2.26. The monoisotopic (exact) mass is 328 g/mol. The summed E-state index contributed by atoms with van der Waals surface area (Å²) in [6.07, 6.45) is 6.74. The Hall–Kier alpha value is -2.18. The minimum atomic E-state index is -0.130. The van der Waals surface area contributed by atoms with Crippen LogP contribution in [0.15, 0.2) is 47.3 Å². The number of amides is 1. The van der Waals surface area contributed by atoms with Crippen LogP contribution in [0, 0.1) is 0 Å². The van der Waals surface area contributed by atoms with Gasteiger partial charge in [-0.25, -0.2) is 0 Å². The molecule has 3 atom stereocenters. The Labute approximate surface area is 140 Å². The molecule has 2 aliphatic rings. The highest BCUT2D eigenvalue weighted by molar-refractivity contribution is 5.92. The van der Waals surface area contributed by atoms with Gasteiger partial charge in [-0.2, -0.15) is 0 Å². The smallest absolute Gasteiger partial charge is 0.289 e. The molecule has 0 radical (unpaired) electrons. The van der Waals surface area contributed by atoms with E-state index in [4.69, 9.17) is 13.9 Å². The molecule has 4 heterocycles. The predicted molar refractivity (Wildman–Crippen MR) is 85.3 cm³/mol. The second-order valence-electron chi connectivity index (χ2n) is 6.19. The molecule has 0 saturated carbocycles. The van der Waals surface area contributed by atoms with Crippen LogP contribution in [0.3, 0.4) is 0 Å². The molecular weight excluding hydrogens is 308 g/mol. The van der Waals surface area contributed by atoms with E-state index < -0.39 is 0 Å². The molecule has 2 fully saturated rings. The summed E-state index contributed by atoms with van der Waals surface area (Å²) in [5.74, 6) is 0.278. The fourth-order valence-corrected chi connectivity index (χ4v) is 3.52. The van der Waals surface area contributed by atoms with Gasteiger partial charge in [0.15, 0.2) is 5.76 Å². The Bertz CT molecular complexity index is 674. The maximum Gasteiger partial charge on any atom is 0.289 e. The minimum Gasteiger partial charge on any atom is -0.459 e. The summed E-state index contributed by atoms with van der Waals surface area (Å²) in [4.78, 5) is 18.6. The Morgan fingerprint density at radius 2 is 2.33 bits per heavy atom. The summed E-state index contributed by atoms with van der Waals surface area (Å²) in [7, 11) is 0. The van der Waals surface area contributed by atoms with Gasteiger partial charge in [0.1, 0.15) is 12.2 Å². The van der Waals surface area contributed by atoms with E-state index in [0.717, 1.165) is 25.0 Å². The van der Waals surface area contributed by atoms with Crippen LogP contribution in [0.1, 0.15) is 29.0 Å². The number of hydrogen-bond acceptors (Lipinski definition) is 5. The molecule has 0 bridgehead atoms. The van der Waals surface area contributed by atoms with Crippen LogP contribution in [0.4, 0.5) is 0 Å². The fraction of sp³-hybridized carbons (Fsp3) is 0.444. The summed E-state index contributed by atoms with van der Waals surface area (Å²) in [5, 5.41) is 0. The van der Waals surface area contributed by atoms with Gasteiger partial charge in [0.2, 0.25) is 0 Å². The van der Waals surface area contributed by atoms with Crippen molar-refractivity contribution in [2.75, 3.05) is 13.2 Å². The highest BCUT2D eigenvalue weighted by Crippen LogP contribution is 2.32. The van der Waals surface area contributed by atoms with Crippen LogP contribution in [0.5, 0.6) is 0 Å². The van der Waals surface area contributed by atoms with Gasteiger partial charge >= 0.3 is 0 Å². The van der Waals surface area contributed by atoms with Gasteiger partial charge in [0, 0.05) is 19.0 Å². The van der Waals surface area contributed by atoms with E-state index in [1.54, 1.807) is 24.5 Å². The average Bonchev–Trinajstić information content (AvgIpc) is 3.29. The van der Waals surface area contributed by atoms with Gasteiger partial charge in [0.05, 0.1) is 25.5 Å². The van der Waals surface area contributed by atoms with E-state index in [1.807, 2.05) is 17.0 Å². The van der Waals surface area contributed by atoms with Crippen molar-refractivity contribution in [2.45, 2.75) is 37.7 Å². The molecule has 4 rings (SSSR count). The van der Waals surface area contributed by atoms with Gasteiger partial charge < -0.3 is 18.8 Å². The molecule has 0 unspecified atom stereocenters. The van der Waals surface area contributed by atoms with E-state index in [1.165, 1.54) is 6.26 Å². The Kier molecular flexibility index (Phi) is 4.32. The summed E-state index contributed by atoms with van der Waals surface area (Å²) in [6.45, 7) is 1.71. The number of furan rings is 1. The molecule has 1 amide bonds. The number of nitrogens with zero attached hydrogens (tertiary/aromatic N) is 2. The third-order valence-corrected chi connectivity index (χ3v) is 4.66. The van der Waals surface area contributed by atoms with Crippen LogP contribution in [-0.4, -0.2) is 47.2 Å². The van der Waals surface area contributed by atoms with Crippen molar-refractivity contribution in [3.05, 3.63) is 54.2 Å². The second kappa shape index (κ2) is 6.75. The van der Waals surface area contributed by atoms with E-state index in [2.05, 4.69) is 4.98 Å². The number of carbonyl (C=O) groups excluding carboxylic acids is 1. The second-order valence-corrected chi connectivity index (χ2v) is 6.19. The topological polar surface area (TPSA) is 64.8 Å². The fourth-order valence-electron chi connectivity index (χ4n) is 3.52. The summed E-state index contributed by atoms with van der Waals surface area (Å²) in [6, 6.07) is 7.35. The van der Waals surface area contributed by atoms with Crippen molar-refractivity contribution in [1.29, 1.82) is 0 Å². The molecule has 0 aliphatic carbocycles. The van der Waals surface area contributed by atoms with Gasteiger partial charge in [-0.15, -0.1) is 0 Å². The lowest BCUT2D eigenvalue weighted by Crippen LogP contribution is -2.43. The lowest BCUT2D eigenvalue weighted by atomic mass is 10.0. The van der Waals surface area contributed by atoms with Crippen molar-refractivity contribution in [1.82, 2.24) is 9.88 Å². The highest BCUT2D eigenvalue weighted by atomic mass is 16.5. The molecule has 2 aromatic heterocycles. The van der Waals surface area contributed by atoms with Crippen molar-refractivity contribution < 1.29 is 18.7 Å². The van der Waals surface area contributed by atoms with Gasteiger partial charge in [0.25, 0.3) is 5.91 Å². The van der Waals surface area contributed by atoms with E-state index >= 15 is 0 Å². The molecule has 24 heavy (non-hydrogen) atoms. The number of pyridine rings is 1. The molecule has 0 aromatic carbocycles. The zero-order valence-electron chi connectivity index (χ0n) is 13.3. The van der Waals surface area contributed by atoms with Crippen LogP contribution in [0.2, 0.25) is 0 Å². The first-order valence-corrected chi connectivity index (χ1v) is 8.29. The Morgan fingerprint density at radius 3 is 3.12 bits per heavy atom. The molecule has 2 saturated heterocycles. The van der Waals surface area contributed by atoms with Gasteiger partial charge in [-0.1, -0.05) is 6.07 Å². The first kappa shape index (κ1) is 15.4. The highest BCUT2D eigenvalue weighted by Gasteiger charge is 2.47. The average molecular weight is 328 g/mol. The van der Waals surface area contributed by atoms with Gasteiger partial charge in [-0.05, 0) is 36.6 Å². The zero-order chi connectivity index (χ0) is 16.4. The molecule has 6 heteroatoms. The lowest BCUT2D eigenvalue weighted by molar-refractivity contribution is -0.0810. The Morgan fingerprint density at radius 1 is 1.38 bits per heavy atom. The molecular formula is C18H20N2O4.